The molecule has 1 saturated heterocycles. The highest BCUT2D eigenvalue weighted by Gasteiger charge is 2.29. The number of carbonyl (C=O) groups is 1. The van der Waals surface area contributed by atoms with Gasteiger partial charge in [-0.3, -0.25) is 0 Å². The molecule has 1 aromatic rings. The van der Waals surface area contributed by atoms with Crippen LogP contribution in [-0.4, -0.2) is 30.6 Å². The quantitative estimate of drug-likeness (QED) is 0.794. The van der Waals surface area contributed by atoms with Crippen LogP contribution in [0.1, 0.15) is 50.5 Å². The molecule has 0 spiro atoms. The average Bonchev–Trinajstić information content (AvgIpc) is 2.90. The lowest BCUT2D eigenvalue weighted by Crippen LogP contribution is -2.38. The lowest BCUT2D eigenvalue weighted by atomic mass is 9.78. The smallest absolute Gasteiger partial charge is 0.357 e. The van der Waals surface area contributed by atoms with Gasteiger partial charge in [0.1, 0.15) is 0 Å². The average molecular weight is 282 g/mol. The van der Waals surface area contributed by atoms with Crippen molar-refractivity contribution in [3.63, 3.8) is 0 Å². The van der Waals surface area contributed by atoms with E-state index in [2.05, 4.69) is 23.7 Å². The summed E-state index contributed by atoms with van der Waals surface area (Å²) < 4.78 is 4.97. The van der Waals surface area contributed by atoms with E-state index in [0.717, 1.165) is 18.2 Å². The minimum atomic E-state index is -0.319. The monoisotopic (exact) mass is 282 g/mol. The van der Waals surface area contributed by atoms with Crippen molar-refractivity contribution in [2.45, 2.75) is 40.0 Å². The molecule has 0 N–H and O–H groups in total. The number of piperidine rings is 1. The van der Waals surface area contributed by atoms with Crippen LogP contribution in [0.4, 0.5) is 5.13 Å². The van der Waals surface area contributed by atoms with Crippen LogP contribution in [0.2, 0.25) is 0 Å². The zero-order valence-corrected chi connectivity index (χ0v) is 12.8. The highest BCUT2D eigenvalue weighted by atomic mass is 32.1. The molecule has 0 atom stereocenters. The first-order chi connectivity index (χ1) is 9.08. The lowest BCUT2D eigenvalue weighted by Gasteiger charge is -2.38. The highest BCUT2D eigenvalue weighted by Crippen LogP contribution is 2.36. The fourth-order valence-electron chi connectivity index (χ4n) is 2.30. The van der Waals surface area contributed by atoms with Crippen LogP contribution in [0, 0.1) is 5.41 Å². The molecule has 0 radical (unpaired) electrons. The number of anilines is 1. The van der Waals surface area contributed by atoms with Crippen molar-refractivity contribution < 1.29 is 9.53 Å². The van der Waals surface area contributed by atoms with E-state index in [9.17, 15) is 4.79 Å². The molecule has 0 unspecified atom stereocenters. The maximum absolute atomic E-state index is 11.6. The number of ether oxygens (including phenoxy) is 1. The summed E-state index contributed by atoms with van der Waals surface area (Å²) in [7, 11) is 0. The van der Waals surface area contributed by atoms with Crippen molar-refractivity contribution >= 4 is 22.4 Å². The first kappa shape index (κ1) is 14.3. The van der Waals surface area contributed by atoms with E-state index >= 15 is 0 Å². The van der Waals surface area contributed by atoms with E-state index in [-0.39, 0.29) is 5.97 Å². The predicted octanol–water partition coefficient (Wildman–Crippen LogP) is 3.34. The van der Waals surface area contributed by atoms with Crippen molar-refractivity contribution in [3.8, 4) is 0 Å². The van der Waals surface area contributed by atoms with E-state index < -0.39 is 0 Å². The number of hydrogen-bond acceptors (Lipinski definition) is 5. The summed E-state index contributed by atoms with van der Waals surface area (Å²) in [6, 6.07) is 0. The molecule has 1 aliphatic rings. The maximum atomic E-state index is 11.6. The zero-order chi connectivity index (χ0) is 13.9. The normalized spacial score (nSPS) is 18.4. The number of aromatic nitrogens is 1. The molecule has 1 fully saturated rings. The first-order valence-corrected chi connectivity index (χ1v) is 7.83. The molecule has 5 heteroatoms. The Labute approximate surface area is 118 Å². The van der Waals surface area contributed by atoms with Crippen LogP contribution in [0.25, 0.3) is 0 Å². The molecule has 0 saturated carbocycles. The third kappa shape index (κ3) is 3.26. The molecule has 1 aliphatic heterocycles. The number of carbonyl (C=O) groups excluding carboxylic acids is 1. The number of thiazole rings is 1. The van der Waals surface area contributed by atoms with Crippen LogP contribution < -0.4 is 4.90 Å². The van der Waals surface area contributed by atoms with E-state index in [0.29, 0.717) is 17.7 Å². The second-order valence-electron chi connectivity index (χ2n) is 5.39. The Hall–Kier alpha value is -1.10. The van der Waals surface area contributed by atoms with Gasteiger partial charge in [0.25, 0.3) is 0 Å². The molecule has 4 nitrogen and oxygen atoms in total. The van der Waals surface area contributed by atoms with Crippen LogP contribution in [-0.2, 0) is 4.74 Å². The Kier molecular flexibility index (Phi) is 4.45. The SMILES string of the molecule is CCOC(=O)c1csc(N2CCC(C)(CC)CC2)n1. The molecule has 19 heavy (non-hydrogen) atoms. The summed E-state index contributed by atoms with van der Waals surface area (Å²) in [5.74, 6) is -0.319. The van der Waals surface area contributed by atoms with Gasteiger partial charge in [-0.25, -0.2) is 9.78 Å². The van der Waals surface area contributed by atoms with Crippen molar-refractivity contribution in [2.75, 3.05) is 24.6 Å². The lowest BCUT2D eigenvalue weighted by molar-refractivity contribution is 0.0520. The number of hydrogen-bond donors (Lipinski definition) is 0. The number of nitrogens with zero attached hydrogens (tertiary/aromatic N) is 2. The van der Waals surface area contributed by atoms with Crippen molar-refractivity contribution in [3.05, 3.63) is 11.1 Å². The van der Waals surface area contributed by atoms with Gasteiger partial charge < -0.3 is 9.64 Å². The van der Waals surface area contributed by atoms with Gasteiger partial charge in [0, 0.05) is 18.5 Å². The highest BCUT2D eigenvalue weighted by molar-refractivity contribution is 7.13. The fraction of sp³-hybridized carbons (Fsp3) is 0.714. The summed E-state index contributed by atoms with van der Waals surface area (Å²) in [6.45, 7) is 8.88. The number of esters is 1. The Morgan fingerprint density at radius 1 is 1.47 bits per heavy atom. The summed E-state index contributed by atoms with van der Waals surface area (Å²) in [6.07, 6.45) is 3.61. The van der Waals surface area contributed by atoms with E-state index in [4.69, 9.17) is 4.74 Å². The molecular formula is C14H22N2O2S. The van der Waals surface area contributed by atoms with Crippen molar-refractivity contribution in [1.29, 1.82) is 0 Å². The summed E-state index contributed by atoms with van der Waals surface area (Å²) >= 11 is 1.53. The Balaban J connectivity index is 1.99. The molecule has 1 aromatic heterocycles. The summed E-state index contributed by atoms with van der Waals surface area (Å²) in [4.78, 5) is 18.3. The molecule has 0 amide bonds. The topological polar surface area (TPSA) is 42.4 Å². The van der Waals surface area contributed by atoms with Gasteiger partial charge >= 0.3 is 5.97 Å². The second-order valence-corrected chi connectivity index (χ2v) is 6.22. The van der Waals surface area contributed by atoms with Gasteiger partial charge in [-0.15, -0.1) is 11.3 Å². The third-order valence-corrected chi connectivity index (χ3v) is 4.97. The third-order valence-electron chi connectivity index (χ3n) is 4.07. The molecule has 2 heterocycles. The minimum Gasteiger partial charge on any atom is -0.461 e. The summed E-state index contributed by atoms with van der Waals surface area (Å²) in [5, 5.41) is 2.74. The molecular weight excluding hydrogens is 260 g/mol. The fourth-order valence-corrected chi connectivity index (χ4v) is 3.15. The van der Waals surface area contributed by atoms with Crippen LogP contribution in [0.15, 0.2) is 5.38 Å². The molecule has 0 aromatic carbocycles. The second kappa shape index (κ2) is 5.90. The Morgan fingerprint density at radius 2 is 2.16 bits per heavy atom. The van der Waals surface area contributed by atoms with Gasteiger partial charge in [0.2, 0.25) is 0 Å². The van der Waals surface area contributed by atoms with Gasteiger partial charge in [-0.05, 0) is 25.2 Å². The van der Waals surface area contributed by atoms with Crippen LogP contribution in [0.5, 0.6) is 0 Å². The van der Waals surface area contributed by atoms with Gasteiger partial charge in [-0.1, -0.05) is 20.3 Å². The molecule has 0 aliphatic carbocycles. The largest absolute Gasteiger partial charge is 0.461 e. The van der Waals surface area contributed by atoms with Crippen molar-refractivity contribution in [1.82, 2.24) is 4.98 Å². The maximum Gasteiger partial charge on any atom is 0.357 e. The van der Waals surface area contributed by atoms with Gasteiger partial charge in [0.05, 0.1) is 6.61 Å². The van der Waals surface area contributed by atoms with E-state index in [1.54, 1.807) is 12.3 Å². The minimum absolute atomic E-state index is 0.319. The zero-order valence-electron chi connectivity index (χ0n) is 11.9. The first-order valence-electron chi connectivity index (χ1n) is 6.95. The summed E-state index contributed by atoms with van der Waals surface area (Å²) in [5.41, 5.74) is 0.906. The molecule has 2 rings (SSSR count). The van der Waals surface area contributed by atoms with Gasteiger partial charge in [-0.2, -0.15) is 0 Å². The van der Waals surface area contributed by atoms with E-state index in [1.165, 1.54) is 30.6 Å². The van der Waals surface area contributed by atoms with Crippen LogP contribution >= 0.6 is 11.3 Å². The van der Waals surface area contributed by atoms with Crippen LogP contribution in [0.3, 0.4) is 0 Å². The van der Waals surface area contributed by atoms with Gasteiger partial charge in [0.15, 0.2) is 10.8 Å². The molecule has 0 bridgehead atoms. The standard InChI is InChI=1S/C14H22N2O2S/c1-4-14(3)6-8-16(9-7-14)13-15-11(10-19-13)12(17)18-5-2/h10H,4-9H2,1-3H3. The van der Waals surface area contributed by atoms with Crippen molar-refractivity contribution in [2.24, 2.45) is 5.41 Å². The Morgan fingerprint density at radius 3 is 2.74 bits per heavy atom. The molecule has 106 valence electrons. The predicted molar refractivity (Wildman–Crippen MR) is 77.9 cm³/mol. The Bertz CT molecular complexity index is 436. The van der Waals surface area contributed by atoms with E-state index in [1.807, 2.05) is 0 Å². The number of rotatable bonds is 4.